The van der Waals surface area contributed by atoms with Crippen LogP contribution in [0.5, 0.6) is 5.75 Å². The van der Waals surface area contributed by atoms with Gasteiger partial charge in [0.2, 0.25) is 5.79 Å². The predicted octanol–water partition coefficient (Wildman–Crippen LogP) is 4.96. The molecule has 3 aliphatic rings. The van der Waals surface area contributed by atoms with Crippen molar-refractivity contribution in [2.75, 3.05) is 60.0 Å². The summed E-state index contributed by atoms with van der Waals surface area (Å²) in [6.07, 6.45) is 1.85. The number of nitrogens with zero attached hydrogens (tertiary/aromatic N) is 8. The summed E-state index contributed by atoms with van der Waals surface area (Å²) >= 11 is 13.4. The van der Waals surface area contributed by atoms with Gasteiger partial charge in [0.05, 0.1) is 37.4 Å². The molecule has 6 atom stereocenters. The average Bonchev–Trinajstić information content (AvgIpc) is 4.02. The number of aromatic nitrogens is 6. The van der Waals surface area contributed by atoms with Crippen molar-refractivity contribution in [2.24, 2.45) is 5.41 Å². The van der Waals surface area contributed by atoms with Gasteiger partial charge in [-0.25, -0.2) is 14.5 Å². The Labute approximate surface area is 371 Å². The summed E-state index contributed by atoms with van der Waals surface area (Å²) in [5.41, 5.74) is 1.35. The van der Waals surface area contributed by atoms with Gasteiger partial charge < -0.3 is 24.3 Å². The van der Waals surface area contributed by atoms with Gasteiger partial charge in [-0.15, -0.1) is 5.10 Å². The second-order valence-electron chi connectivity index (χ2n) is 17.2. The van der Waals surface area contributed by atoms with Crippen molar-refractivity contribution in [1.29, 1.82) is 0 Å². The lowest BCUT2D eigenvalue weighted by Crippen LogP contribution is -2.80. The minimum absolute atomic E-state index is 0.0554. The van der Waals surface area contributed by atoms with Crippen LogP contribution in [-0.2, 0) is 37.1 Å². The van der Waals surface area contributed by atoms with Crippen LogP contribution in [-0.4, -0.2) is 128 Å². The number of halogens is 2. The molecule has 5 heterocycles. The fraction of sp³-hybridized carbons (Fsp3) is 0.477. The third kappa shape index (κ3) is 8.30. The molecule has 3 aliphatic heterocycles. The number of carbonyl (C=O) groups is 1. The number of hydrogen-bond acceptors (Lipinski definition) is 13. The molecule has 8 rings (SSSR count). The van der Waals surface area contributed by atoms with Crippen LogP contribution < -0.4 is 15.7 Å². The molecule has 2 aromatic heterocycles. The van der Waals surface area contributed by atoms with Crippen molar-refractivity contribution >= 4 is 29.2 Å². The van der Waals surface area contributed by atoms with E-state index in [1.807, 2.05) is 94.2 Å². The summed E-state index contributed by atoms with van der Waals surface area (Å²) in [6, 6.07) is 21.4. The Kier molecular flexibility index (Phi) is 12.7. The molecular formula is C44H54Cl2N10O6. The highest BCUT2D eigenvalue weighted by atomic mass is 35.5. The van der Waals surface area contributed by atoms with Crippen LogP contribution >= 0.6 is 23.2 Å². The highest BCUT2D eigenvalue weighted by molar-refractivity contribution is 6.35. The molecule has 0 saturated carbocycles. The molecule has 5 aromatic rings. The molecule has 0 amide bonds. The van der Waals surface area contributed by atoms with Crippen LogP contribution in [0, 0.1) is 5.41 Å². The minimum atomic E-state index is -1.55. The standard InChI is InChI=1S/C44H54Cl2N10O6/c1-29(42(2,3)4)61-38(57)24-53-21-20-52(5)39(37-25-60-43(62-37,26-54-28-48-27-49-54)33-17-16-31(45)22-34(33)46)44(53,56-41(58)50-40(51-56)30-12-8-7-9-13-30)55-19-18-47-23-35(55)32-14-10-11-15-36(32)59-6/h7-17,22,27-29,35,37,39,47H,18-21,23-26H2,1-6H3,(H,50,51,58). The van der Waals surface area contributed by atoms with Gasteiger partial charge in [-0.05, 0) is 37.6 Å². The Morgan fingerprint density at radius 2 is 1.82 bits per heavy atom. The average molecular weight is 890 g/mol. The largest absolute Gasteiger partial charge is 0.496 e. The van der Waals surface area contributed by atoms with Crippen LogP contribution in [0.2, 0.25) is 10.0 Å². The summed E-state index contributed by atoms with van der Waals surface area (Å²) in [4.78, 5) is 43.3. The molecule has 2 N–H and O–H groups in total. The van der Waals surface area contributed by atoms with E-state index >= 15 is 4.79 Å². The van der Waals surface area contributed by atoms with E-state index in [0.29, 0.717) is 59.9 Å². The Bertz CT molecular complexity index is 2390. The quantitative estimate of drug-likeness (QED) is 0.162. The number of benzene rings is 3. The van der Waals surface area contributed by atoms with Crippen LogP contribution in [0.25, 0.3) is 11.4 Å². The molecule has 0 spiro atoms. The summed E-state index contributed by atoms with van der Waals surface area (Å²) in [5, 5.41) is 14.0. The minimum Gasteiger partial charge on any atom is -0.496 e. The molecule has 0 radical (unpaired) electrons. The van der Waals surface area contributed by atoms with Crippen LogP contribution in [0.1, 0.15) is 44.9 Å². The molecule has 18 heteroatoms. The van der Waals surface area contributed by atoms with Gasteiger partial charge >= 0.3 is 11.7 Å². The van der Waals surface area contributed by atoms with E-state index in [-0.39, 0.29) is 25.1 Å². The van der Waals surface area contributed by atoms with Crippen LogP contribution in [0.3, 0.4) is 0 Å². The number of esters is 1. The van der Waals surface area contributed by atoms with E-state index in [0.717, 1.165) is 11.1 Å². The van der Waals surface area contributed by atoms with Crippen molar-refractivity contribution in [2.45, 2.75) is 70.1 Å². The van der Waals surface area contributed by atoms with Crippen LogP contribution in [0.4, 0.5) is 0 Å². The van der Waals surface area contributed by atoms with E-state index in [2.05, 4.69) is 30.2 Å². The number of methoxy groups -OCH3 is 1. The lowest BCUT2D eigenvalue weighted by atomic mass is 9.90. The summed E-state index contributed by atoms with van der Waals surface area (Å²) in [6.45, 7) is 10.3. The van der Waals surface area contributed by atoms with E-state index in [9.17, 15) is 4.79 Å². The number of hydrogen-bond donors (Lipinski definition) is 2. The molecule has 3 saturated heterocycles. The van der Waals surface area contributed by atoms with Gasteiger partial charge in [-0.1, -0.05) is 98.6 Å². The highest BCUT2D eigenvalue weighted by Crippen LogP contribution is 2.48. The zero-order valence-corrected chi connectivity index (χ0v) is 37.3. The van der Waals surface area contributed by atoms with Gasteiger partial charge in [0, 0.05) is 54.4 Å². The van der Waals surface area contributed by atoms with Gasteiger partial charge in [0.1, 0.15) is 37.2 Å². The molecule has 3 fully saturated rings. The van der Waals surface area contributed by atoms with Crippen molar-refractivity contribution in [1.82, 2.24) is 49.5 Å². The lowest BCUT2D eigenvalue weighted by molar-refractivity contribution is -0.258. The highest BCUT2D eigenvalue weighted by Gasteiger charge is 2.64. The maximum absolute atomic E-state index is 15.1. The van der Waals surface area contributed by atoms with Crippen molar-refractivity contribution in [3.8, 4) is 17.1 Å². The molecule has 62 heavy (non-hydrogen) atoms. The molecule has 16 nitrogen and oxygen atoms in total. The summed E-state index contributed by atoms with van der Waals surface area (Å²) in [5.74, 6) is -2.42. The number of piperazine rings is 2. The molecule has 3 aromatic carbocycles. The maximum Gasteiger partial charge on any atom is 0.346 e. The molecular weight excluding hydrogens is 835 g/mol. The van der Waals surface area contributed by atoms with E-state index in [1.165, 1.54) is 11.0 Å². The number of ether oxygens (including phenoxy) is 4. The van der Waals surface area contributed by atoms with Gasteiger partial charge in [0.25, 0.3) is 0 Å². The second-order valence-corrected chi connectivity index (χ2v) is 18.0. The molecule has 6 unspecified atom stereocenters. The van der Waals surface area contributed by atoms with Crippen LogP contribution in [0.15, 0.2) is 90.2 Å². The first-order chi connectivity index (χ1) is 29.7. The maximum atomic E-state index is 15.1. The number of H-pyrrole nitrogens is 1. The Morgan fingerprint density at radius 1 is 1.05 bits per heavy atom. The first-order valence-corrected chi connectivity index (χ1v) is 21.6. The predicted molar refractivity (Wildman–Crippen MR) is 234 cm³/mol. The van der Waals surface area contributed by atoms with E-state index < -0.39 is 47.5 Å². The van der Waals surface area contributed by atoms with Crippen molar-refractivity contribution in [3.05, 3.63) is 117 Å². The number of rotatable bonds is 12. The van der Waals surface area contributed by atoms with Crippen molar-refractivity contribution < 1.29 is 23.7 Å². The Balaban J connectivity index is 1.37. The molecule has 330 valence electrons. The molecule has 0 aliphatic carbocycles. The topological polar surface area (TPSA) is 157 Å². The fourth-order valence-corrected chi connectivity index (χ4v) is 9.56. The third-order valence-electron chi connectivity index (χ3n) is 12.4. The zero-order chi connectivity index (χ0) is 43.8. The Morgan fingerprint density at radius 3 is 2.55 bits per heavy atom. The fourth-order valence-electron chi connectivity index (χ4n) is 9.00. The SMILES string of the molecule is COc1ccccc1C1CNCCN1C1(n2nc(-c3ccccc3)[nH]c2=O)C(C2COC(Cn3cncn3)(c3ccc(Cl)cc3Cl)O2)N(C)CCN1CC(=O)OC(C)C(C)(C)C. The number of likely N-dealkylation sites (N-methyl/N-ethyl adjacent to an activating group) is 1. The van der Waals surface area contributed by atoms with Gasteiger partial charge in [-0.3, -0.25) is 24.5 Å². The second kappa shape index (κ2) is 17.8. The summed E-state index contributed by atoms with van der Waals surface area (Å²) < 4.78 is 29.5. The number of nitrogens with one attached hydrogen (secondary N) is 2. The smallest absolute Gasteiger partial charge is 0.346 e. The van der Waals surface area contributed by atoms with Gasteiger partial charge in [-0.2, -0.15) is 9.78 Å². The third-order valence-corrected chi connectivity index (χ3v) is 12.9. The lowest BCUT2D eigenvalue weighted by Gasteiger charge is -2.61. The summed E-state index contributed by atoms with van der Waals surface area (Å²) in [7, 11) is 3.65. The first kappa shape index (κ1) is 44.0. The Hall–Kier alpha value is -4.65. The monoisotopic (exact) mass is 888 g/mol. The van der Waals surface area contributed by atoms with E-state index in [1.54, 1.807) is 36.3 Å². The number of carbonyl (C=O) groups excluding carboxylic acids is 1. The number of para-hydroxylation sites is 1. The normalized spacial score (nSPS) is 25.8. The van der Waals surface area contributed by atoms with E-state index in [4.69, 9.17) is 47.2 Å². The zero-order valence-electron chi connectivity index (χ0n) is 35.8. The first-order valence-electron chi connectivity index (χ1n) is 20.9. The van der Waals surface area contributed by atoms with Gasteiger partial charge in [0.15, 0.2) is 11.6 Å². The van der Waals surface area contributed by atoms with Crippen molar-refractivity contribution in [3.63, 3.8) is 0 Å². The molecule has 0 bridgehead atoms. The number of aromatic amines is 1.